The van der Waals surface area contributed by atoms with Gasteiger partial charge in [0.1, 0.15) is 17.9 Å². The monoisotopic (exact) mass is 918 g/mol. The highest BCUT2D eigenvalue weighted by Gasteiger charge is 2.55. The van der Waals surface area contributed by atoms with Gasteiger partial charge in [-0.15, -0.1) is 0 Å². The molecular formula is C51H77F2NO11. The number of carbonyl (C=O) groups is 5. The number of aliphatic hydroxyl groups excluding tert-OH is 1. The third kappa shape index (κ3) is 14.3. The molecule has 3 heterocycles. The van der Waals surface area contributed by atoms with E-state index in [1.54, 1.807) is 21.0 Å². The molecule has 1 saturated carbocycles. The van der Waals surface area contributed by atoms with Crippen LogP contribution in [0.4, 0.5) is 8.78 Å². The zero-order chi connectivity index (χ0) is 48.2. The minimum Gasteiger partial charge on any atom is -0.460 e. The molecule has 3 aliphatic heterocycles. The molecule has 1 aliphatic carbocycles. The molecule has 0 spiro atoms. The summed E-state index contributed by atoms with van der Waals surface area (Å²) >= 11 is 0. The van der Waals surface area contributed by atoms with Crippen LogP contribution in [0.2, 0.25) is 0 Å². The van der Waals surface area contributed by atoms with Gasteiger partial charge in [-0.1, -0.05) is 71.1 Å². The van der Waals surface area contributed by atoms with Crippen LogP contribution in [0, 0.1) is 35.5 Å². The van der Waals surface area contributed by atoms with Crippen LogP contribution < -0.4 is 0 Å². The van der Waals surface area contributed by atoms with Gasteiger partial charge in [0.25, 0.3) is 17.5 Å². The van der Waals surface area contributed by atoms with Crippen molar-refractivity contribution >= 4 is 29.2 Å². The molecular weight excluding hydrogens is 841 g/mol. The lowest BCUT2D eigenvalue weighted by atomic mass is 9.78. The van der Waals surface area contributed by atoms with Crippen LogP contribution >= 0.6 is 0 Å². The van der Waals surface area contributed by atoms with Crippen LogP contribution in [0.1, 0.15) is 126 Å². The Labute approximate surface area is 385 Å². The molecule has 2 bridgehead atoms. The van der Waals surface area contributed by atoms with Crippen molar-refractivity contribution in [3.05, 3.63) is 47.6 Å². The van der Waals surface area contributed by atoms with Crippen molar-refractivity contribution in [3.63, 3.8) is 0 Å². The lowest BCUT2D eigenvalue weighted by molar-refractivity contribution is -0.231. The first-order valence-electron chi connectivity index (χ1n) is 23.8. The van der Waals surface area contributed by atoms with Crippen LogP contribution in [0.25, 0.3) is 0 Å². The molecule has 4 aliphatic rings. The maximum absolute atomic E-state index is 17.0. The van der Waals surface area contributed by atoms with E-state index in [2.05, 4.69) is 0 Å². The molecule has 366 valence electrons. The van der Waals surface area contributed by atoms with Crippen LogP contribution in [-0.4, -0.2) is 122 Å². The standard InChI is InChI=1S/C51H77F2NO11/c1-30-16-12-11-13-17-31(2)42(61-8)28-38-21-19-36(7)51(53,65-38)48(58)49(59)54-23-15-14-18-39(54)50(60)64-43(33(4)26-37-20-22-40(55)44(27-37)62-9)29-41(56)32(3)25-34(5)45(52)47(63-10)46(57)35(6)24-30/h11-13,16-17,25,30,32-33,35-40,42-45,47,55H,14-15,18-24,26-29H2,1-10H3/b13-11+,16-12+,31-17+,34-25+/t30-,32-,33-,35-,36-,37+,38+,39?,40+,42+,43+,44-,45?,47-,51?/m1/s1. The predicted molar refractivity (Wildman–Crippen MR) is 243 cm³/mol. The summed E-state index contributed by atoms with van der Waals surface area (Å²) in [6.45, 7) is 12.2. The molecule has 0 aromatic heterocycles. The largest absolute Gasteiger partial charge is 0.460 e. The minimum atomic E-state index is -2.94. The van der Waals surface area contributed by atoms with Crippen molar-refractivity contribution in [2.75, 3.05) is 27.9 Å². The highest BCUT2D eigenvalue weighted by atomic mass is 19.2. The second-order valence-electron chi connectivity index (χ2n) is 19.5. The smallest absolute Gasteiger partial charge is 0.329 e. The average Bonchev–Trinajstić information content (AvgIpc) is 3.28. The van der Waals surface area contributed by atoms with E-state index >= 15 is 8.78 Å². The molecule has 4 rings (SSSR count). The highest BCUT2D eigenvalue weighted by Crippen LogP contribution is 2.40. The number of nitrogens with zero attached hydrogens (tertiary/aromatic N) is 1. The Morgan fingerprint density at radius 2 is 1.60 bits per heavy atom. The predicted octanol–water partition coefficient (Wildman–Crippen LogP) is 8.14. The van der Waals surface area contributed by atoms with Crippen molar-refractivity contribution in [2.24, 2.45) is 35.5 Å². The number of alkyl halides is 2. The van der Waals surface area contributed by atoms with E-state index in [0.717, 1.165) is 10.5 Å². The summed E-state index contributed by atoms with van der Waals surface area (Å²) in [6, 6.07) is -1.21. The van der Waals surface area contributed by atoms with E-state index < -0.39 is 84.0 Å². The number of ether oxygens (including phenoxy) is 5. The second kappa shape index (κ2) is 25.1. The molecule has 3 fully saturated rings. The number of piperidine rings is 1. The van der Waals surface area contributed by atoms with Gasteiger partial charge in [-0.25, -0.2) is 13.6 Å². The van der Waals surface area contributed by atoms with Gasteiger partial charge in [0.2, 0.25) is 0 Å². The molecule has 0 aromatic carbocycles. The molecule has 0 radical (unpaired) electrons. The lowest BCUT2D eigenvalue weighted by Gasteiger charge is -2.41. The number of Topliss-reactive ketones (excluding diaryl/α,β-unsaturated/α-hetero) is 3. The molecule has 15 atom stereocenters. The second-order valence-corrected chi connectivity index (χ2v) is 19.5. The third-order valence-corrected chi connectivity index (χ3v) is 14.4. The molecule has 12 nitrogen and oxygen atoms in total. The first-order chi connectivity index (χ1) is 30.7. The number of carbonyl (C=O) groups excluding carboxylic acids is 5. The Hall–Kier alpha value is -3.43. The summed E-state index contributed by atoms with van der Waals surface area (Å²) in [5.41, 5.74) is 0.981. The Morgan fingerprint density at radius 3 is 2.28 bits per heavy atom. The van der Waals surface area contributed by atoms with Crippen molar-refractivity contribution in [1.29, 1.82) is 0 Å². The van der Waals surface area contributed by atoms with E-state index in [-0.39, 0.29) is 73.2 Å². The van der Waals surface area contributed by atoms with E-state index in [1.807, 2.05) is 51.2 Å². The van der Waals surface area contributed by atoms with E-state index in [4.69, 9.17) is 23.7 Å². The van der Waals surface area contributed by atoms with Crippen molar-refractivity contribution in [1.82, 2.24) is 4.90 Å². The van der Waals surface area contributed by atoms with Crippen LogP contribution in [0.5, 0.6) is 0 Å². The number of ketones is 3. The lowest BCUT2D eigenvalue weighted by Crippen LogP contribution is -2.59. The van der Waals surface area contributed by atoms with Gasteiger partial charge in [-0.3, -0.25) is 19.2 Å². The molecule has 0 aromatic rings. The van der Waals surface area contributed by atoms with Gasteiger partial charge in [0.15, 0.2) is 18.1 Å². The topological polar surface area (TPSA) is 155 Å². The van der Waals surface area contributed by atoms with Gasteiger partial charge in [0, 0.05) is 58.5 Å². The van der Waals surface area contributed by atoms with Crippen molar-refractivity contribution in [3.8, 4) is 0 Å². The number of halogens is 2. The quantitative estimate of drug-likeness (QED) is 0.156. The number of methoxy groups -OCH3 is 3. The summed E-state index contributed by atoms with van der Waals surface area (Å²) < 4.78 is 62.1. The van der Waals surface area contributed by atoms with Gasteiger partial charge < -0.3 is 33.7 Å². The molecule has 65 heavy (non-hydrogen) atoms. The fourth-order valence-electron chi connectivity index (χ4n) is 10.1. The maximum Gasteiger partial charge on any atom is 0.329 e. The molecule has 14 heteroatoms. The number of hydrogen-bond acceptors (Lipinski definition) is 11. The Bertz CT molecular complexity index is 1760. The fourth-order valence-corrected chi connectivity index (χ4v) is 10.1. The van der Waals surface area contributed by atoms with Gasteiger partial charge >= 0.3 is 5.97 Å². The summed E-state index contributed by atoms with van der Waals surface area (Å²) in [4.78, 5) is 71.3. The summed E-state index contributed by atoms with van der Waals surface area (Å²) in [5, 5.41) is 10.5. The molecule has 1 N–H and O–H groups in total. The third-order valence-electron chi connectivity index (χ3n) is 14.4. The van der Waals surface area contributed by atoms with Crippen LogP contribution in [0.15, 0.2) is 47.6 Å². The first-order valence-corrected chi connectivity index (χ1v) is 23.8. The van der Waals surface area contributed by atoms with Crippen LogP contribution in [-0.2, 0) is 47.7 Å². The minimum absolute atomic E-state index is 0.0206. The molecule has 1 amide bonds. The Balaban J connectivity index is 1.70. The molecule has 2 saturated heterocycles. The Morgan fingerprint density at radius 1 is 0.877 bits per heavy atom. The SMILES string of the molecule is CO[C@H]1C[C@@H]2CC[C@@H](C)C(F)(O2)C(=O)C(=O)N2CCCCC2C(=O)O[C@H]([C@H](C)C[C@@H]2CC[C@H](O)[C@H](OC)C2)CC(=O)[C@H](C)/C=C(\C)C(F)[C@@H](OC)C(=O)[C@H](C)C[C@H](C)/C=C/C=C/C=C/1C. The van der Waals surface area contributed by atoms with E-state index in [9.17, 15) is 29.1 Å². The maximum atomic E-state index is 17.0. The van der Waals surface area contributed by atoms with E-state index in [0.29, 0.717) is 51.4 Å². The number of rotatable bonds is 6. The Kier molecular flexibility index (Phi) is 20.9. The van der Waals surface area contributed by atoms with Crippen molar-refractivity contribution in [2.45, 2.75) is 180 Å². The van der Waals surface area contributed by atoms with E-state index in [1.165, 1.54) is 34.1 Å². The van der Waals surface area contributed by atoms with Gasteiger partial charge in [-0.2, -0.15) is 0 Å². The summed E-state index contributed by atoms with van der Waals surface area (Å²) in [7, 11) is 4.38. The first kappa shape index (κ1) is 54.2. The van der Waals surface area contributed by atoms with Gasteiger partial charge in [-0.05, 0) is 107 Å². The number of esters is 1. The number of hydrogen-bond donors (Lipinski definition) is 1. The van der Waals surface area contributed by atoms with Crippen LogP contribution in [0.3, 0.4) is 0 Å². The average molecular weight is 918 g/mol. The number of cyclic esters (lactones) is 1. The fraction of sp³-hybridized carbons (Fsp3) is 0.745. The van der Waals surface area contributed by atoms with Crippen molar-refractivity contribution < 1.29 is 61.5 Å². The van der Waals surface area contributed by atoms with Gasteiger partial charge in [0.05, 0.1) is 24.4 Å². The highest BCUT2D eigenvalue weighted by molar-refractivity contribution is 6.39. The number of amides is 1. The summed E-state index contributed by atoms with van der Waals surface area (Å²) in [5.74, 6) is -9.64. The summed E-state index contributed by atoms with van der Waals surface area (Å²) in [6.07, 6.45) is 9.11. The zero-order valence-corrected chi connectivity index (χ0v) is 40.5. The zero-order valence-electron chi connectivity index (χ0n) is 40.5. The number of fused-ring (bicyclic) bond motifs is 3. The molecule has 3 unspecified atom stereocenters. The normalized spacial score (nSPS) is 40.4. The number of aliphatic hydroxyl groups is 1. The number of allylic oxidation sites excluding steroid dienone is 6.